The fourth-order valence-electron chi connectivity index (χ4n) is 15.0. The number of fused-ring (bicyclic) bond motifs is 16. The molecule has 9 aromatic rings. The van der Waals surface area contributed by atoms with Crippen molar-refractivity contribution in [1.29, 1.82) is 5.26 Å². The van der Waals surface area contributed by atoms with Gasteiger partial charge in [-0.05, 0) is 175 Å². The summed E-state index contributed by atoms with van der Waals surface area (Å²) in [7, 11) is 0. The van der Waals surface area contributed by atoms with E-state index in [-0.39, 0.29) is 16.7 Å². The minimum absolute atomic E-state index is 0.0343. The molecule has 0 saturated heterocycles. The van der Waals surface area contributed by atoms with E-state index >= 15 is 0 Å². The third-order valence-electron chi connectivity index (χ3n) is 18.2. The Bertz CT molecular complexity index is 3460. The molecule has 6 aliphatic carbocycles. The molecule has 4 heterocycles. The van der Waals surface area contributed by atoms with Gasteiger partial charge in [-0.1, -0.05) is 59.8 Å². The highest BCUT2D eigenvalue weighted by molar-refractivity contribution is 6.30. The van der Waals surface area contributed by atoms with E-state index in [4.69, 9.17) is 0 Å². The maximum atomic E-state index is 14.2. The molecule has 0 aliphatic heterocycles. The lowest BCUT2D eigenvalue weighted by atomic mass is 9.67. The maximum absolute atomic E-state index is 14.2. The van der Waals surface area contributed by atoms with Crippen LogP contribution in [0.25, 0.3) is 76.2 Å². The number of carbonyl (C=O) groups is 1. The first-order chi connectivity index (χ1) is 29.6. The Morgan fingerprint density at radius 3 is 1.89 bits per heavy atom. The fraction of sp³-hybridized carbons (Fsp3) is 0.439. The first kappa shape index (κ1) is 35.5. The van der Waals surface area contributed by atoms with E-state index < -0.39 is 0 Å². The molecule has 3 fully saturated rings. The average Bonchev–Trinajstić information content (AvgIpc) is 4.12. The molecule has 2 bridgehead atoms. The Balaban J connectivity index is 1.15. The lowest BCUT2D eigenvalue weighted by molar-refractivity contribution is 0.0898. The molecule has 304 valence electrons. The highest BCUT2D eigenvalue weighted by atomic mass is 16.1. The van der Waals surface area contributed by atoms with Gasteiger partial charge < -0.3 is 8.80 Å². The predicted octanol–water partition coefficient (Wildman–Crippen LogP) is 14.9. The van der Waals surface area contributed by atoms with Crippen LogP contribution in [0.2, 0.25) is 0 Å². The standard InChI is InChI=1S/C57H55N3O/c1-5-57(17-7-6-8-18-57)35-22-42-39-25-47-38(26-48(39)60-50-19-33(30-58)45-28-56(15-9-10-16-56)29-46(45)51(50)44(23-35)53(42)60)41-21-34(55(2,3)4)20-40-37-24-36-31-11-13-32(14-12-31)54(61)43(36)27-49(37)59(47)52(40)41/h19-27,31-32H,5-18,28-29H2,1-4H3. The molecule has 4 aromatic heterocycles. The fourth-order valence-corrected chi connectivity index (χ4v) is 15.0. The molecular formula is C57H55N3O. The zero-order chi connectivity index (χ0) is 40.9. The second kappa shape index (κ2) is 11.7. The van der Waals surface area contributed by atoms with Crippen molar-refractivity contribution in [1.82, 2.24) is 8.80 Å². The topological polar surface area (TPSA) is 49.7 Å². The van der Waals surface area contributed by atoms with Crippen molar-refractivity contribution in [2.24, 2.45) is 11.3 Å². The maximum Gasteiger partial charge on any atom is 0.166 e. The number of hydrogen-bond donors (Lipinski definition) is 0. The molecule has 0 N–H and O–H groups in total. The van der Waals surface area contributed by atoms with Gasteiger partial charge in [0.1, 0.15) is 0 Å². The van der Waals surface area contributed by atoms with Crippen LogP contribution in [0.15, 0.2) is 54.6 Å². The van der Waals surface area contributed by atoms with Gasteiger partial charge in [0, 0.05) is 54.6 Å². The van der Waals surface area contributed by atoms with Gasteiger partial charge in [0.15, 0.2) is 5.78 Å². The molecule has 3 saturated carbocycles. The molecule has 4 nitrogen and oxygen atoms in total. The Labute approximate surface area is 357 Å². The van der Waals surface area contributed by atoms with Gasteiger partial charge in [-0.15, -0.1) is 0 Å². The molecule has 0 radical (unpaired) electrons. The van der Waals surface area contributed by atoms with Gasteiger partial charge >= 0.3 is 0 Å². The van der Waals surface area contributed by atoms with Crippen LogP contribution in [0.4, 0.5) is 0 Å². The van der Waals surface area contributed by atoms with Crippen molar-refractivity contribution in [2.45, 2.75) is 147 Å². The Morgan fingerprint density at radius 1 is 0.639 bits per heavy atom. The predicted molar refractivity (Wildman–Crippen MR) is 252 cm³/mol. The van der Waals surface area contributed by atoms with E-state index in [2.05, 4.69) is 97.2 Å². The molecule has 0 amide bonds. The molecular weight excluding hydrogens is 743 g/mol. The number of ketones is 1. The summed E-state index contributed by atoms with van der Waals surface area (Å²) in [6.07, 6.45) is 19.3. The number of hydrogen-bond acceptors (Lipinski definition) is 2. The summed E-state index contributed by atoms with van der Waals surface area (Å²) >= 11 is 0. The lowest BCUT2D eigenvalue weighted by Gasteiger charge is -2.37. The molecule has 5 aromatic carbocycles. The van der Waals surface area contributed by atoms with Crippen LogP contribution < -0.4 is 0 Å². The van der Waals surface area contributed by atoms with E-state index in [0.29, 0.717) is 17.1 Å². The van der Waals surface area contributed by atoms with E-state index in [1.165, 1.54) is 162 Å². The second-order valence-electron chi connectivity index (χ2n) is 22.2. The van der Waals surface area contributed by atoms with Gasteiger partial charge in [0.2, 0.25) is 0 Å². The minimum Gasteiger partial charge on any atom is -0.308 e. The van der Waals surface area contributed by atoms with E-state index in [0.717, 1.165) is 56.1 Å². The molecule has 4 heteroatoms. The zero-order valence-electron chi connectivity index (χ0n) is 36.4. The van der Waals surface area contributed by atoms with Crippen LogP contribution in [0.3, 0.4) is 0 Å². The molecule has 6 aliphatic rings. The summed E-state index contributed by atoms with van der Waals surface area (Å²) in [5, 5.41) is 21.5. The van der Waals surface area contributed by atoms with Gasteiger partial charge in [-0.3, -0.25) is 4.79 Å². The van der Waals surface area contributed by atoms with Gasteiger partial charge in [-0.25, -0.2) is 0 Å². The van der Waals surface area contributed by atoms with Crippen molar-refractivity contribution in [2.75, 3.05) is 0 Å². The number of Topliss-reactive ketones (excluding diaryl/α,β-unsaturated/α-hetero) is 1. The SMILES string of the molecule is CCC1(c2cc3c4cc5c(cc4n4c6cc(C#N)c7c(c6c(c2)c34)CC2(CCCC2)C7)c2cc(C(C)(C)C)cc3c4cc6c(cc4n5c32)C(=O)C2CCC6CC2)CCCCC1. The average molecular weight is 798 g/mol. The Hall–Kier alpha value is -5.14. The first-order valence-corrected chi connectivity index (χ1v) is 24.1. The smallest absolute Gasteiger partial charge is 0.166 e. The summed E-state index contributed by atoms with van der Waals surface area (Å²) in [6.45, 7) is 9.46. The van der Waals surface area contributed by atoms with E-state index in [1.807, 2.05) is 0 Å². The molecule has 15 rings (SSSR count). The minimum atomic E-state index is -0.0343. The van der Waals surface area contributed by atoms with Crippen LogP contribution in [0, 0.1) is 22.7 Å². The number of aromatic nitrogens is 2. The summed E-state index contributed by atoms with van der Waals surface area (Å²) in [6, 6.07) is 25.1. The Morgan fingerprint density at radius 2 is 1.21 bits per heavy atom. The van der Waals surface area contributed by atoms with Crippen LogP contribution in [-0.4, -0.2) is 14.6 Å². The molecule has 0 atom stereocenters. The zero-order valence-corrected chi connectivity index (χ0v) is 36.4. The number of rotatable bonds is 2. The molecule has 1 spiro atoms. The Kier molecular flexibility index (Phi) is 6.77. The van der Waals surface area contributed by atoms with E-state index in [1.54, 1.807) is 0 Å². The van der Waals surface area contributed by atoms with Gasteiger partial charge in [-0.2, -0.15) is 5.26 Å². The summed E-state index contributed by atoms with van der Waals surface area (Å²) < 4.78 is 5.14. The summed E-state index contributed by atoms with van der Waals surface area (Å²) in [5.41, 5.74) is 16.9. The number of carbonyl (C=O) groups excluding carboxylic acids is 1. The highest BCUT2D eigenvalue weighted by Gasteiger charge is 2.43. The van der Waals surface area contributed by atoms with Crippen molar-refractivity contribution in [3.05, 3.63) is 93.5 Å². The summed E-state index contributed by atoms with van der Waals surface area (Å²) in [4.78, 5) is 14.2. The number of benzene rings is 5. The van der Waals surface area contributed by atoms with Crippen molar-refractivity contribution >= 4 is 82.0 Å². The normalized spacial score (nSPS) is 22.4. The number of nitriles is 1. The third-order valence-corrected chi connectivity index (χ3v) is 18.2. The van der Waals surface area contributed by atoms with Crippen LogP contribution in [0.5, 0.6) is 0 Å². The lowest BCUT2D eigenvalue weighted by Crippen LogP contribution is -2.28. The monoisotopic (exact) mass is 797 g/mol. The summed E-state index contributed by atoms with van der Waals surface area (Å²) in [5.74, 6) is 1.02. The van der Waals surface area contributed by atoms with E-state index in [9.17, 15) is 10.1 Å². The van der Waals surface area contributed by atoms with Crippen LogP contribution in [-0.2, 0) is 23.7 Å². The van der Waals surface area contributed by atoms with Crippen LogP contribution in [0.1, 0.15) is 167 Å². The van der Waals surface area contributed by atoms with Crippen LogP contribution >= 0.6 is 0 Å². The number of nitrogens with zero attached hydrogens (tertiary/aromatic N) is 3. The first-order valence-electron chi connectivity index (χ1n) is 24.1. The van der Waals surface area contributed by atoms with Gasteiger partial charge in [0.05, 0.1) is 44.7 Å². The third kappa shape index (κ3) is 4.39. The highest BCUT2D eigenvalue weighted by Crippen LogP contribution is 2.55. The second-order valence-corrected chi connectivity index (χ2v) is 22.2. The largest absolute Gasteiger partial charge is 0.308 e. The van der Waals surface area contributed by atoms with Crippen molar-refractivity contribution < 1.29 is 4.79 Å². The van der Waals surface area contributed by atoms with Crippen molar-refractivity contribution in [3.8, 4) is 6.07 Å². The van der Waals surface area contributed by atoms with Crippen molar-refractivity contribution in [3.63, 3.8) is 0 Å². The molecule has 61 heavy (non-hydrogen) atoms. The van der Waals surface area contributed by atoms with Gasteiger partial charge in [0.25, 0.3) is 0 Å². The molecule has 0 unspecified atom stereocenters. The quantitative estimate of drug-likeness (QED) is 0.175.